The molecule has 0 aliphatic carbocycles. The highest BCUT2D eigenvalue weighted by molar-refractivity contribution is 7.46. The number of esters is 1. The van der Waals surface area contributed by atoms with Gasteiger partial charge in [-0.25, -0.2) is 9.36 Å². The lowest BCUT2D eigenvalue weighted by molar-refractivity contribution is 0.0224. The van der Waals surface area contributed by atoms with Gasteiger partial charge in [0, 0.05) is 28.8 Å². The number of benzene rings is 5. The number of carbonyl (C=O) groups is 1. The number of phosphoric ester groups is 1. The van der Waals surface area contributed by atoms with Crippen LogP contribution in [0, 0.1) is 0 Å². The molecule has 39 heavy (non-hydrogen) atoms. The van der Waals surface area contributed by atoms with Crippen LogP contribution >= 0.6 is 7.82 Å². The molecule has 1 spiro atoms. The van der Waals surface area contributed by atoms with Gasteiger partial charge in [-0.2, -0.15) is 0 Å². The highest BCUT2D eigenvalue weighted by Crippen LogP contribution is 2.57. The maximum atomic E-state index is 12.6. The maximum Gasteiger partial charge on any atom is 0.524 e. The lowest BCUT2D eigenvalue weighted by Gasteiger charge is -2.36. The van der Waals surface area contributed by atoms with Crippen molar-refractivity contribution in [3.8, 4) is 23.0 Å². The molecular weight excluding hydrogens is 519 g/mol. The van der Waals surface area contributed by atoms with Gasteiger partial charge in [0.05, 0.1) is 5.56 Å². The summed E-state index contributed by atoms with van der Waals surface area (Å²) in [5.74, 6) is -0.257. The molecule has 0 radical (unpaired) electrons. The normalized spacial score (nSPS) is 16.7. The first-order valence-corrected chi connectivity index (χ1v) is 13.5. The van der Waals surface area contributed by atoms with Crippen LogP contribution in [0.2, 0.25) is 0 Å². The van der Waals surface area contributed by atoms with Crippen molar-refractivity contribution < 1.29 is 38.3 Å². The molecule has 9 heteroatoms. The van der Waals surface area contributed by atoms with Crippen LogP contribution < -0.4 is 9.26 Å². The average Bonchev–Trinajstić information content (AvgIpc) is 3.21. The van der Waals surface area contributed by atoms with Crippen LogP contribution in [-0.2, 0) is 14.9 Å². The van der Waals surface area contributed by atoms with Gasteiger partial charge >= 0.3 is 13.8 Å². The number of phenolic OH excluding ortho intramolecular Hbond substituents is 1. The lowest BCUT2D eigenvalue weighted by Crippen LogP contribution is -2.32. The summed E-state index contributed by atoms with van der Waals surface area (Å²) in [5, 5.41) is 12.5. The number of hydrogen-bond acceptors (Lipinski definition) is 6. The van der Waals surface area contributed by atoms with Gasteiger partial charge in [-0.1, -0.05) is 66.7 Å². The second kappa shape index (κ2) is 9.29. The van der Waals surface area contributed by atoms with Gasteiger partial charge in [-0.15, -0.1) is 0 Å². The van der Waals surface area contributed by atoms with Crippen LogP contribution in [0.1, 0.15) is 27.0 Å². The summed E-state index contributed by atoms with van der Waals surface area (Å²) in [5.41, 5.74) is 0.655. The molecule has 1 unspecified atom stereocenters. The molecule has 3 N–H and O–H groups in total. The van der Waals surface area contributed by atoms with Gasteiger partial charge in [0.1, 0.15) is 23.0 Å². The van der Waals surface area contributed by atoms with Crippen molar-refractivity contribution in [3.63, 3.8) is 0 Å². The second-order valence-corrected chi connectivity index (χ2v) is 10.1. The van der Waals surface area contributed by atoms with E-state index in [1.807, 2.05) is 0 Å². The van der Waals surface area contributed by atoms with Crippen molar-refractivity contribution in [3.05, 3.63) is 131 Å². The van der Waals surface area contributed by atoms with Crippen molar-refractivity contribution in [2.24, 2.45) is 0 Å². The molecule has 2 aliphatic heterocycles. The summed E-state index contributed by atoms with van der Waals surface area (Å²) in [6, 6.07) is 32.3. The smallest absolute Gasteiger partial charge is 0.508 e. The zero-order valence-corrected chi connectivity index (χ0v) is 21.1. The van der Waals surface area contributed by atoms with Crippen LogP contribution in [0.25, 0.3) is 10.8 Å². The largest absolute Gasteiger partial charge is 0.524 e. The SMILES string of the molecule is O=C1OC2(c3ccc(O)cc3Oc3cc(OP(=O)(O)O)ccc32)c2ccccc21.c1ccc2ccccc2c1. The number of phosphoric acid groups is 1. The highest BCUT2D eigenvalue weighted by atomic mass is 31.2. The number of phenols is 1. The van der Waals surface area contributed by atoms with Crippen LogP contribution in [0.4, 0.5) is 0 Å². The molecule has 2 heterocycles. The molecule has 5 aromatic carbocycles. The first-order chi connectivity index (χ1) is 18.7. The predicted molar refractivity (Wildman–Crippen MR) is 143 cm³/mol. The minimum Gasteiger partial charge on any atom is -0.508 e. The molecule has 0 bridgehead atoms. The fraction of sp³-hybridized carbons (Fsp3) is 0.0333. The summed E-state index contributed by atoms with van der Waals surface area (Å²) >= 11 is 0. The number of rotatable bonds is 2. The topological polar surface area (TPSA) is 123 Å². The quantitative estimate of drug-likeness (QED) is 0.177. The Morgan fingerprint density at radius 1 is 0.692 bits per heavy atom. The third kappa shape index (κ3) is 4.41. The van der Waals surface area contributed by atoms with E-state index < -0.39 is 19.4 Å². The first-order valence-electron chi connectivity index (χ1n) is 11.9. The molecule has 8 nitrogen and oxygen atoms in total. The van der Waals surface area contributed by atoms with Gasteiger partial charge in [0.25, 0.3) is 0 Å². The van der Waals surface area contributed by atoms with E-state index >= 15 is 0 Å². The molecule has 5 aromatic rings. The van der Waals surface area contributed by atoms with Crippen LogP contribution in [0.15, 0.2) is 109 Å². The Labute approximate surface area is 222 Å². The summed E-state index contributed by atoms with van der Waals surface area (Å²) < 4.78 is 27.6. The standard InChI is InChI=1S/C20H13O8P.C10H8/c21-11-5-7-15-17(9-11)26-18-10-12(28-29(23,24)25)6-8-16(18)20(15)14-4-2-1-3-13(14)19(22)27-20;1-2-6-10-8-4-3-7-9(10)5-1/h1-10,21H,(H2,23,24,25);1-8H. The van der Waals surface area contributed by atoms with Gasteiger partial charge in [0.2, 0.25) is 0 Å². The Hall–Kier alpha value is -4.62. The van der Waals surface area contributed by atoms with E-state index in [1.165, 1.54) is 41.1 Å². The van der Waals surface area contributed by atoms with E-state index in [1.54, 1.807) is 30.3 Å². The first kappa shape index (κ1) is 24.7. The van der Waals surface area contributed by atoms with Crippen molar-refractivity contribution in [2.45, 2.75) is 5.60 Å². The zero-order valence-electron chi connectivity index (χ0n) is 20.2. The van der Waals surface area contributed by atoms with Gasteiger partial charge in [-0.3, -0.25) is 9.79 Å². The minimum atomic E-state index is -4.78. The number of fused-ring (bicyclic) bond motifs is 7. The number of carbonyl (C=O) groups excluding carboxylic acids is 1. The van der Waals surface area contributed by atoms with Crippen molar-refractivity contribution >= 4 is 24.6 Å². The third-order valence-electron chi connectivity index (χ3n) is 6.55. The molecule has 2 aliphatic rings. The molecule has 0 amide bonds. The predicted octanol–water partition coefficient (Wildman–Crippen LogP) is 6.27. The summed E-state index contributed by atoms with van der Waals surface area (Å²) in [6.07, 6.45) is 0. The molecular formula is C30H21O8P. The highest BCUT2D eigenvalue weighted by Gasteiger charge is 2.53. The van der Waals surface area contributed by atoms with Gasteiger partial charge < -0.3 is 19.1 Å². The molecule has 0 saturated carbocycles. The fourth-order valence-corrected chi connectivity index (χ4v) is 5.36. The van der Waals surface area contributed by atoms with E-state index in [2.05, 4.69) is 53.1 Å². The fourth-order valence-electron chi connectivity index (χ4n) is 4.97. The van der Waals surface area contributed by atoms with Crippen LogP contribution in [0.5, 0.6) is 23.0 Å². The molecule has 0 saturated heterocycles. The van der Waals surface area contributed by atoms with Gasteiger partial charge in [0.15, 0.2) is 5.60 Å². The summed E-state index contributed by atoms with van der Waals surface area (Å²) in [6.45, 7) is 0. The lowest BCUT2D eigenvalue weighted by atomic mass is 9.77. The average molecular weight is 540 g/mol. The maximum absolute atomic E-state index is 12.6. The molecule has 0 fully saturated rings. The van der Waals surface area contributed by atoms with Crippen LogP contribution in [0.3, 0.4) is 0 Å². The van der Waals surface area contributed by atoms with E-state index in [0.29, 0.717) is 22.3 Å². The van der Waals surface area contributed by atoms with E-state index in [0.717, 1.165) is 0 Å². The second-order valence-electron chi connectivity index (χ2n) is 8.99. The zero-order chi connectivity index (χ0) is 27.2. The molecule has 7 rings (SSSR count). The van der Waals surface area contributed by atoms with Crippen molar-refractivity contribution in [1.29, 1.82) is 0 Å². The third-order valence-corrected chi connectivity index (χ3v) is 7.00. The molecule has 0 aromatic heterocycles. The Balaban J connectivity index is 0.000000231. The molecule has 1 atom stereocenters. The number of ether oxygens (including phenoxy) is 2. The van der Waals surface area contributed by atoms with E-state index in [9.17, 15) is 14.5 Å². The Morgan fingerprint density at radius 2 is 1.26 bits per heavy atom. The number of hydrogen-bond donors (Lipinski definition) is 3. The Morgan fingerprint density at radius 3 is 1.90 bits per heavy atom. The van der Waals surface area contributed by atoms with Crippen molar-refractivity contribution in [2.75, 3.05) is 0 Å². The Kier molecular flexibility index (Phi) is 5.88. The van der Waals surface area contributed by atoms with E-state index in [-0.39, 0.29) is 23.0 Å². The number of aromatic hydroxyl groups is 1. The van der Waals surface area contributed by atoms with Crippen molar-refractivity contribution in [1.82, 2.24) is 0 Å². The van der Waals surface area contributed by atoms with Crippen LogP contribution in [-0.4, -0.2) is 20.9 Å². The van der Waals surface area contributed by atoms with E-state index in [4.69, 9.17) is 19.3 Å². The minimum absolute atomic E-state index is 0.0532. The summed E-state index contributed by atoms with van der Waals surface area (Å²) in [4.78, 5) is 30.8. The summed E-state index contributed by atoms with van der Waals surface area (Å²) in [7, 11) is -4.78. The molecule has 194 valence electrons. The Bertz CT molecular complexity index is 1730. The van der Waals surface area contributed by atoms with Gasteiger partial charge in [-0.05, 0) is 41.1 Å². The monoisotopic (exact) mass is 540 g/mol.